The minimum absolute atomic E-state index is 0. The third-order valence-electron chi connectivity index (χ3n) is 6.53. The van der Waals surface area contributed by atoms with E-state index >= 15 is 0 Å². The van der Waals surface area contributed by atoms with Crippen LogP contribution in [0.1, 0.15) is 10.4 Å². The van der Waals surface area contributed by atoms with Crippen molar-refractivity contribution in [3.63, 3.8) is 0 Å². The molecule has 21 nitrogen and oxygen atoms in total. The maximum atomic E-state index is 14.3. The summed E-state index contributed by atoms with van der Waals surface area (Å²) in [6.07, 6.45) is 6.20. The Balaban J connectivity index is 0.00000812. The third kappa shape index (κ3) is 16.9. The van der Waals surface area contributed by atoms with E-state index in [0.29, 0.717) is 18.2 Å². The molecule has 0 unspecified atom stereocenters. The van der Waals surface area contributed by atoms with Gasteiger partial charge in [0.2, 0.25) is 11.9 Å². The Hall–Kier alpha value is -2.47. The summed E-state index contributed by atoms with van der Waals surface area (Å²) in [5.41, 5.74) is -2.20. The van der Waals surface area contributed by atoms with E-state index in [2.05, 4.69) is 52.6 Å². The summed E-state index contributed by atoms with van der Waals surface area (Å²) in [6, 6.07) is 3.56. The van der Waals surface area contributed by atoms with Crippen molar-refractivity contribution in [1.82, 2.24) is 15.0 Å². The third-order valence-corrected chi connectivity index (χ3v) is 9.42. The molecular formula is C29H25CuFN9Na3O12S3+2. The quantitative estimate of drug-likeness (QED) is 0.0245. The molecule has 4 rings (SSSR count). The number of nitrogens with zero attached hydrogens (tertiary/aromatic N) is 7. The summed E-state index contributed by atoms with van der Waals surface area (Å²) in [6.45, 7) is 2.93. The average molecular weight is 939 g/mol. The molecule has 295 valence electrons. The number of hydrogen-bond acceptors (Lipinski definition) is 20. The van der Waals surface area contributed by atoms with E-state index < -0.39 is 92.1 Å². The normalized spacial score (nSPS) is 13.3. The molecule has 1 aliphatic carbocycles. The molecule has 0 amide bonds. The first-order chi connectivity index (χ1) is 25.4. The number of allylic oxidation sites excluding steroid dienone is 5. The Bertz CT molecular complexity index is 2480. The molecule has 4 N–H and O–H groups in total. The molecule has 0 bridgehead atoms. The minimum Gasteiger partial charge on any atom is -0.744 e. The molecule has 0 fully saturated rings. The van der Waals surface area contributed by atoms with Gasteiger partial charge in [-0.3, -0.25) is 0 Å². The molecule has 0 saturated carbocycles. The number of sulfone groups is 1. The van der Waals surface area contributed by atoms with E-state index in [1.165, 1.54) is 24.6 Å². The van der Waals surface area contributed by atoms with Gasteiger partial charge in [-0.1, -0.05) is 6.58 Å². The second-order valence-corrected chi connectivity index (χ2v) is 15.1. The maximum absolute atomic E-state index is 14.3. The smallest absolute Gasteiger partial charge is 0.744 e. The number of hydrogen-bond donors (Lipinski definition) is 4. The molecule has 0 spiro atoms. The Labute approximate surface area is 407 Å². The van der Waals surface area contributed by atoms with Crippen LogP contribution in [0.15, 0.2) is 108 Å². The molecule has 0 saturated heterocycles. The van der Waals surface area contributed by atoms with Gasteiger partial charge in [0.25, 0.3) is 0 Å². The molecule has 1 radical (unpaired) electrons. The number of halogens is 1. The average Bonchev–Trinajstić information content (AvgIpc) is 3.10. The molecule has 0 aliphatic heterocycles. The number of nitrogens with one attached hydrogen (secondary N) is 2. The second-order valence-electron chi connectivity index (χ2n) is 10.3. The Morgan fingerprint density at radius 1 is 0.914 bits per heavy atom. The van der Waals surface area contributed by atoms with Gasteiger partial charge in [-0.25, -0.2) is 30.0 Å². The van der Waals surface area contributed by atoms with E-state index in [-0.39, 0.29) is 143 Å². The van der Waals surface area contributed by atoms with Gasteiger partial charge >= 0.3 is 118 Å². The van der Waals surface area contributed by atoms with Gasteiger partial charge in [0.05, 0.1) is 40.0 Å². The van der Waals surface area contributed by atoms with Crippen LogP contribution in [0.5, 0.6) is 5.75 Å². The number of carbonyl (C=O) groups is 1. The van der Waals surface area contributed by atoms with Crippen molar-refractivity contribution in [2.75, 3.05) is 36.1 Å². The monoisotopic (exact) mass is 938 g/mol. The van der Waals surface area contributed by atoms with Crippen LogP contribution >= 0.6 is 0 Å². The first kappa shape index (κ1) is 55.5. The van der Waals surface area contributed by atoms with Crippen LogP contribution < -0.4 is 99.3 Å². The van der Waals surface area contributed by atoms with Crippen LogP contribution in [-0.2, 0) is 51.9 Å². The molecule has 3 aromatic rings. The summed E-state index contributed by atoms with van der Waals surface area (Å²) in [5, 5.41) is 41.5. The zero-order valence-electron chi connectivity index (χ0n) is 30.4. The van der Waals surface area contributed by atoms with Crippen LogP contribution in [0.4, 0.5) is 33.3 Å². The minimum atomic E-state index is -5.25. The van der Waals surface area contributed by atoms with Gasteiger partial charge in [-0.15, -0.1) is 36.3 Å². The Morgan fingerprint density at radius 2 is 1.53 bits per heavy atom. The van der Waals surface area contributed by atoms with Crippen molar-refractivity contribution < 1.29 is 164 Å². The summed E-state index contributed by atoms with van der Waals surface area (Å²) < 4.78 is 113. The summed E-state index contributed by atoms with van der Waals surface area (Å²) in [4.78, 5) is 20.7. The zero-order chi connectivity index (χ0) is 39.7. The van der Waals surface area contributed by atoms with Crippen LogP contribution in [0.3, 0.4) is 0 Å². The van der Waals surface area contributed by atoms with Gasteiger partial charge in [0, 0.05) is 12.0 Å². The molecule has 29 heteroatoms. The van der Waals surface area contributed by atoms with Gasteiger partial charge in [-0.2, -0.15) is 39.8 Å². The number of anilines is 3. The van der Waals surface area contributed by atoms with Crippen molar-refractivity contribution in [2.45, 2.75) is 9.79 Å². The fourth-order valence-corrected chi connectivity index (χ4v) is 5.49. The first-order valence-electron chi connectivity index (χ1n) is 14.6. The topological polar surface area (TPSA) is 327 Å². The van der Waals surface area contributed by atoms with Gasteiger partial charge in [-0.05, 0) is 30.3 Å². The molecule has 1 aliphatic rings. The number of azo groups is 2. The van der Waals surface area contributed by atoms with Crippen molar-refractivity contribution in [1.29, 1.82) is 0 Å². The van der Waals surface area contributed by atoms with Crippen molar-refractivity contribution >= 4 is 65.0 Å². The van der Waals surface area contributed by atoms with Crippen LogP contribution in [0.25, 0.3) is 0 Å². The fourth-order valence-electron chi connectivity index (χ4n) is 3.97. The molecular weight excluding hydrogens is 914 g/mol. The molecule has 1 heterocycles. The molecule has 0 atom stereocenters. The van der Waals surface area contributed by atoms with Gasteiger partial charge in [0.1, 0.15) is 37.4 Å². The van der Waals surface area contributed by atoms with Gasteiger partial charge in [0.15, 0.2) is 15.6 Å². The predicted octanol–water partition coefficient (Wildman–Crippen LogP) is -5.63. The Kier molecular flexibility index (Phi) is 23.7. The number of ether oxygens (including phenoxy) is 1. The number of rotatable bonds is 17. The number of benzene rings is 2. The van der Waals surface area contributed by atoms with Crippen molar-refractivity contribution in [3.8, 4) is 5.75 Å². The van der Waals surface area contributed by atoms with E-state index in [4.69, 9.17) is 4.74 Å². The van der Waals surface area contributed by atoms with Crippen LogP contribution in [-0.4, -0.2) is 91.0 Å². The number of carboxylic acids is 1. The summed E-state index contributed by atoms with van der Waals surface area (Å²) >= 11 is 0. The molecule has 58 heavy (non-hydrogen) atoms. The largest absolute Gasteiger partial charge is 2.00 e. The van der Waals surface area contributed by atoms with E-state index in [0.717, 1.165) is 17.5 Å². The van der Waals surface area contributed by atoms with Crippen LogP contribution in [0.2, 0.25) is 0 Å². The van der Waals surface area contributed by atoms with Crippen molar-refractivity contribution in [2.24, 2.45) is 20.5 Å². The first-order valence-corrected chi connectivity index (χ1v) is 19.2. The maximum Gasteiger partial charge on any atom is 2.00 e. The predicted molar refractivity (Wildman–Crippen MR) is 182 cm³/mol. The number of phenolic OH excluding ortho intramolecular Hbond substituents is 1. The standard InChI is InChI=1S/C29H27FN9O12S3.Cu.3Na/c1-2-52(43,44)13-12-51-11-10-31-28-33-27(30)34-29(35-28)32-22-15-19(54(48,49)50)16-23(24(22)40)37-39-25(17-6-4-3-5-7-17)38-36-21-14-18(53(45,46)47)8-9-20(21)26(41)42;;;;/h2-9,14-16,40H,1,10-13H2,(H,41,42)(H,45,46,47)(H,48,49,50)(H2,31,32,33,34,35);;;;/q-1;+2;3*+1/p-2/b38-36+,39-37+;;;;. The second kappa shape index (κ2) is 24.7. The van der Waals surface area contributed by atoms with E-state index in [9.17, 15) is 53.8 Å². The van der Waals surface area contributed by atoms with Crippen LogP contribution in [0, 0.1) is 12.5 Å². The summed E-state index contributed by atoms with van der Waals surface area (Å²) in [5.74, 6) is -4.11. The number of aromatic nitrogens is 3. The van der Waals surface area contributed by atoms with E-state index in [1.807, 2.05) is 0 Å². The van der Waals surface area contributed by atoms with Gasteiger partial charge < -0.3 is 34.7 Å². The number of aromatic hydroxyl groups is 1. The molecule has 2 aromatic carbocycles. The fraction of sp³-hybridized carbons (Fsp3) is 0.138. The zero-order valence-corrected chi connectivity index (χ0v) is 39.8. The Morgan fingerprint density at radius 3 is 2.12 bits per heavy atom. The van der Waals surface area contributed by atoms with Crippen molar-refractivity contribution in [3.05, 3.63) is 96.1 Å². The van der Waals surface area contributed by atoms with E-state index in [1.54, 1.807) is 6.08 Å². The SMILES string of the molecule is C=CS(=O)(=O)CCOCCNc1nc(F)nc(Nc2cc(S(=O)(=O)[O-])cc(/N=N/C(/N=N/c3cc(S(=O)(=O)[O-])ccc3C(=O)O)=C3/C=CC=C[CH-]3)c2O)n1.[Cu+2].[Na+].[Na+].[Na+]. The number of aromatic carboxylic acids is 1. The number of carboxylic acid groups (broad SMARTS) is 1. The molecule has 1 aromatic heterocycles. The summed E-state index contributed by atoms with van der Waals surface area (Å²) in [7, 11) is -13.8. The number of phenols is 1.